The molecule has 1 saturated heterocycles. The third kappa shape index (κ3) is 8.23. The minimum atomic E-state index is -5.28. The Morgan fingerprint density at radius 1 is 0.903 bits per heavy atom. The van der Waals surface area contributed by atoms with Gasteiger partial charge in [-0.2, -0.15) is 8.42 Å². The molecule has 2 rings (SSSR count). The maximum Gasteiger partial charge on any atom is 0.488 e. The van der Waals surface area contributed by atoms with Gasteiger partial charge in [0, 0.05) is 37.9 Å². The van der Waals surface area contributed by atoms with Crippen molar-refractivity contribution in [3.63, 3.8) is 0 Å². The molecule has 0 radical (unpaired) electrons. The van der Waals surface area contributed by atoms with Gasteiger partial charge in [-0.3, -0.25) is 0 Å². The Morgan fingerprint density at radius 2 is 1.45 bits per heavy atom. The second kappa shape index (κ2) is 8.89. The molecule has 1 aliphatic rings. The summed E-state index contributed by atoms with van der Waals surface area (Å²) >= 11 is 0. The first-order chi connectivity index (χ1) is 14.0. The van der Waals surface area contributed by atoms with Gasteiger partial charge in [0.05, 0.1) is 5.56 Å². The average Bonchev–Trinajstić information content (AvgIpc) is 2.57. The Labute approximate surface area is 182 Å². The van der Waals surface area contributed by atoms with Crippen molar-refractivity contribution in [2.24, 2.45) is 0 Å². The topological polar surface area (TPSA) is 102 Å². The molecule has 0 saturated carbocycles. The third-order valence-corrected chi connectivity index (χ3v) is 4.41. The molecule has 1 aromatic rings. The molecule has 11 heteroatoms. The number of amides is 1. The van der Waals surface area contributed by atoms with Crippen LogP contribution in [-0.4, -0.2) is 62.8 Å². The number of nitrogens with zero attached hydrogens (tertiary/aromatic N) is 2. The van der Waals surface area contributed by atoms with E-state index in [1.165, 1.54) is 12.1 Å². The second-order valence-corrected chi connectivity index (χ2v) is 10.1. The first kappa shape index (κ1) is 24.7. The molecule has 0 unspecified atom stereocenters. The molecule has 0 N–H and O–H groups in total. The number of anilines is 1. The van der Waals surface area contributed by atoms with Gasteiger partial charge in [-0.15, -0.1) is 0 Å². The quantitative estimate of drug-likeness (QED) is 0.498. The molecular formula is C20H29FN2O7S. The van der Waals surface area contributed by atoms with Gasteiger partial charge in [-0.25, -0.2) is 9.59 Å². The maximum atomic E-state index is 13.1. The Bertz CT molecular complexity index is 928. The molecular weight excluding hydrogens is 431 g/mol. The van der Waals surface area contributed by atoms with E-state index in [4.69, 9.17) is 9.47 Å². The summed E-state index contributed by atoms with van der Waals surface area (Å²) in [5.74, 6) is -1.06. The van der Waals surface area contributed by atoms with Crippen molar-refractivity contribution in [2.75, 3.05) is 31.1 Å². The smallest absolute Gasteiger partial charge is 0.456 e. The number of hydrogen-bond donors (Lipinski definition) is 0. The zero-order valence-electron chi connectivity index (χ0n) is 18.6. The van der Waals surface area contributed by atoms with E-state index in [1.807, 2.05) is 4.90 Å². The van der Waals surface area contributed by atoms with Gasteiger partial charge in [0.2, 0.25) is 0 Å². The molecule has 0 bridgehead atoms. The lowest BCUT2D eigenvalue weighted by Crippen LogP contribution is -2.50. The lowest BCUT2D eigenvalue weighted by atomic mass is 10.1. The first-order valence-electron chi connectivity index (χ1n) is 9.78. The van der Waals surface area contributed by atoms with E-state index in [9.17, 15) is 21.9 Å². The normalized spacial score (nSPS) is 15.5. The van der Waals surface area contributed by atoms with Crippen LogP contribution < -0.4 is 9.08 Å². The highest BCUT2D eigenvalue weighted by molar-refractivity contribution is 7.81. The summed E-state index contributed by atoms with van der Waals surface area (Å²) in [6, 6.07) is 3.93. The maximum absolute atomic E-state index is 13.1. The average molecular weight is 461 g/mol. The molecule has 31 heavy (non-hydrogen) atoms. The molecule has 0 aliphatic carbocycles. The van der Waals surface area contributed by atoms with Crippen LogP contribution in [0.2, 0.25) is 0 Å². The van der Waals surface area contributed by atoms with Crippen molar-refractivity contribution in [1.82, 2.24) is 4.90 Å². The summed E-state index contributed by atoms with van der Waals surface area (Å²) in [7, 11) is -5.28. The second-order valence-electron chi connectivity index (χ2n) is 9.15. The largest absolute Gasteiger partial charge is 0.488 e. The number of benzene rings is 1. The summed E-state index contributed by atoms with van der Waals surface area (Å²) < 4.78 is 50.0. The van der Waals surface area contributed by atoms with Gasteiger partial charge in [-0.05, 0) is 53.7 Å². The number of piperazine rings is 1. The van der Waals surface area contributed by atoms with Gasteiger partial charge in [0.15, 0.2) is 0 Å². The standard InChI is InChI=1S/C20H29FN2O7S/c1-19(2,3)28-17(24)14-11-15(13-16(12-14)30-31(21,26)27)22-7-9-23(10-8-22)18(25)29-20(4,5)6/h11-13H,7-10H2,1-6H3. The third-order valence-electron chi connectivity index (χ3n) is 4.02. The Balaban J connectivity index is 2.23. The van der Waals surface area contributed by atoms with Crippen molar-refractivity contribution in [3.05, 3.63) is 23.8 Å². The highest BCUT2D eigenvalue weighted by Crippen LogP contribution is 2.28. The molecule has 0 aromatic heterocycles. The zero-order chi connectivity index (χ0) is 23.6. The lowest BCUT2D eigenvalue weighted by molar-refractivity contribution is 0.00686. The SMILES string of the molecule is CC(C)(C)OC(=O)c1cc(OS(=O)(=O)F)cc(N2CCN(C(=O)OC(C)(C)C)CC2)c1. The molecule has 0 atom stereocenters. The van der Waals surface area contributed by atoms with Gasteiger partial charge in [0.25, 0.3) is 0 Å². The molecule has 1 fully saturated rings. The molecule has 1 heterocycles. The number of ether oxygens (including phenoxy) is 2. The molecule has 1 amide bonds. The van der Waals surface area contributed by atoms with Gasteiger partial charge < -0.3 is 23.5 Å². The first-order valence-corrected chi connectivity index (χ1v) is 11.1. The monoisotopic (exact) mass is 460 g/mol. The van der Waals surface area contributed by atoms with E-state index in [-0.39, 0.29) is 11.3 Å². The highest BCUT2D eigenvalue weighted by Gasteiger charge is 2.27. The van der Waals surface area contributed by atoms with E-state index in [1.54, 1.807) is 46.4 Å². The van der Waals surface area contributed by atoms with Crippen molar-refractivity contribution in [2.45, 2.75) is 52.7 Å². The summed E-state index contributed by atoms with van der Waals surface area (Å²) in [4.78, 5) is 28.1. The van der Waals surface area contributed by atoms with Gasteiger partial charge in [0.1, 0.15) is 17.0 Å². The lowest BCUT2D eigenvalue weighted by Gasteiger charge is -2.37. The van der Waals surface area contributed by atoms with Crippen LogP contribution in [0, 0.1) is 0 Å². The van der Waals surface area contributed by atoms with Crippen LogP contribution in [0.3, 0.4) is 0 Å². The van der Waals surface area contributed by atoms with E-state index >= 15 is 0 Å². The Morgan fingerprint density at radius 3 is 1.94 bits per heavy atom. The molecule has 1 aromatic carbocycles. The van der Waals surface area contributed by atoms with E-state index in [2.05, 4.69) is 4.18 Å². The van der Waals surface area contributed by atoms with Crippen LogP contribution >= 0.6 is 0 Å². The summed E-state index contributed by atoms with van der Waals surface area (Å²) in [5, 5.41) is 0. The molecule has 174 valence electrons. The van der Waals surface area contributed by atoms with Crippen LogP contribution in [-0.2, 0) is 20.0 Å². The fourth-order valence-electron chi connectivity index (χ4n) is 2.86. The predicted molar refractivity (Wildman–Crippen MR) is 112 cm³/mol. The Kier molecular flexibility index (Phi) is 7.09. The minimum absolute atomic E-state index is 0.0145. The van der Waals surface area contributed by atoms with Gasteiger partial charge >= 0.3 is 22.6 Å². The van der Waals surface area contributed by atoms with Crippen LogP contribution in [0.1, 0.15) is 51.9 Å². The van der Waals surface area contributed by atoms with Crippen LogP contribution in [0.15, 0.2) is 18.2 Å². The number of esters is 1. The Hall–Kier alpha value is -2.56. The van der Waals surface area contributed by atoms with Crippen LogP contribution in [0.5, 0.6) is 5.75 Å². The summed E-state index contributed by atoms with van der Waals surface area (Å²) in [6.45, 7) is 11.9. The van der Waals surface area contributed by atoms with Crippen LogP contribution in [0.25, 0.3) is 0 Å². The van der Waals surface area contributed by atoms with E-state index in [0.29, 0.717) is 31.9 Å². The number of halogens is 1. The van der Waals surface area contributed by atoms with E-state index < -0.39 is 33.8 Å². The van der Waals surface area contributed by atoms with E-state index in [0.717, 1.165) is 6.07 Å². The number of carbonyl (C=O) groups is 2. The molecule has 9 nitrogen and oxygen atoms in total. The molecule has 0 spiro atoms. The van der Waals surface area contributed by atoms with Crippen LogP contribution in [0.4, 0.5) is 14.4 Å². The fourth-order valence-corrected chi connectivity index (χ4v) is 3.18. The van der Waals surface area contributed by atoms with Crippen molar-refractivity contribution < 1.29 is 35.5 Å². The zero-order valence-corrected chi connectivity index (χ0v) is 19.4. The van der Waals surface area contributed by atoms with Crippen molar-refractivity contribution in [1.29, 1.82) is 0 Å². The number of hydrogen-bond acceptors (Lipinski definition) is 8. The summed E-state index contributed by atoms with van der Waals surface area (Å²) in [5.41, 5.74) is -0.939. The highest BCUT2D eigenvalue weighted by atomic mass is 32.3. The molecule has 1 aliphatic heterocycles. The van der Waals surface area contributed by atoms with Crippen molar-refractivity contribution in [3.8, 4) is 5.75 Å². The van der Waals surface area contributed by atoms with Gasteiger partial charge in [-0.1, -0.05) is 3.89 Å². The summed E-state index contributed by atoms with van der Waals surface area (Å²) in [6.07, 6.45) is -0.429. The van der Waals surface area contributed by atoms with Crippen molar-refractivity contribution >= 4 is 28.3 Å². The number of carbonyl (C=O) groups excluding carboxylic acids is 2. The minimum Gasteiger partial charge on any atom is -0.456 e. The number of rotatable bonds is 4. The predicted octanol–water partition coefficient (Wildman–Crippen LogP) is 3.29. The fraction of sp³-hybridized carbons (Fsp3) is 0.600.